The first-order chi connectivity index (χ1) is 3.80. The average molecular weight is 161 g/mol. The van der Waals surface area contributed by atoms with Crippen molar-refractivity contribution in [3.05, 3.63) is 24.3 Å². The van der Waals surface area contributed by atoms with Gasteiger partial charge in [0.2, 0.25) is 0 Å². The van der Waals surface area contributed by atoms with Gasteiger partial charge in [-0.15, -0.1) is 0 Å². The minimum atomic E-state index is -0.0764. The number of aromatic hydroxyl groups is 2. The topological polar surface area (TPSA) is 40.5 Å². The number of benzene rings is 1. The Kier molecular flexibility index (Phi) is 7.90. The summed E-state index contributed by atoms with van der Waals surface area (Å²) >= 11 is 0. The summed E-state index contributed by atoms with van der Waals surface area (Å²) in [6, 6.07) is 6.15. The zero-order valence-electron chi connectivity index (χ0n) is 6.78. The molecule has 0 fully saturated rings. The van der Waals surface area contributed by atoms with Crippen LogP contribution in [0.4, 0.5) is 0 Å². The maximum absolute atomic E-state index is 8.67. The summed E-state index contributed by atoms with van der Waals surface area (Å²) < 4.78 is 0. The van der Waals surface area contributed by atoms with Crippen LogP contribution in [-0.4, -0.2) is 27.6 Å². The van der Waals surface area contributed by atoms with Crippen molar-refractivity contribution in [2.75, 3.05) is 0 Å². The van der Waals surface area contributed by atoms with Crippen LogP contribution >= 0.6 is 0 Å². The van der Waals surface area contributed by atoms with E-state index in [9.17, 15) is 0 Å². The Labute approximate surface area is 93.8 Å². The summed E-state index contributed by atoms with van der Waals surface area (Å²) in [4.78, 5) is 0. The fourth-order valence-corrected chi connectivity index (χ4v) is 0.464. The Hall–Kier alpha value is 0.352. The van der Waals surface area contributed by atoms with Crippen molar-refractivity contribution >= 4 is 17.4 Å². The average Bonchev–Trinajstić information content (AvgIpc) is 1.77. The summed E-state index contributed by atoms with van der Waals surface area (Å²) in [5.41, 5.74) is 0. The summed E-state index contributed by atoms with van der Waals surface area (Å²) in [5, 5.41) is 17.3. The molecule has 1 rings (SSSR count). The number of phenols is 2. The van der Waals surface area contributed by atoms with Crippen molar-refractivity contribution in [2.45, 2.75) is 0 Å². The van der Waals surface area contributed by atoms with Crippen LogP contribution in [0.3, 0.4) is 0 Å². The molecular formula is C6H7AlNaO2. The molecule has 0 aliphatic carbocycles. The second-order valence-electron chi connectivity index (χ2n) is 1.49. The number of phenolic OH excluding ortho intramolecular Hbond substituents is 2. The fourth-order valence-electron chi connectivity index (χ4n) is 0.464. The largest absolute Gasteiger partial charge is 1.00 e. The number of para-hydroxylation sites is 2. The van der Waals surface area contributed by atoms with Crippen molar-refractivity contribution in [3.8, 4) is 11.5 Å². The summed E-state index contributed by atoms with van der Waals surface area (Å²) in [7, 11) is 0. The van der Waals surface area contributed by atoms with Gasteiger partial charge < -0.3 is 11.6 Å². The van der Waals surface area contributed by atoms with Crippen molar-refractivity contribution in [1.29, 1.82) is 0 Å². The molecule has 0 aliphatic heterocycles. The summed E-state index contributed by atoms with van der Waals surface area (Å²) in [6.45, 7) is 0. The van der Waals surface area contributed by atoms with Gasteiger partial charge in [-0.25, -0.2) is 0 Å². The standard InChI is InChI=1S/C6H6O2.Al.Na.H/c7-5-3-1-2-4-6(5)8;;;/h1-4,7-8H;;;/q;;+1;-1. The molecule has 0 unspecified atom stereocenters. The zero-order chi connectivity index (χ0) is 5.98. The molecule has 0 aromatic heterocycles. The molecule has 0 saturated carbocycles. The molecule has 0 bridgehead atoms. The number of rotatable bonds is 0. The van der Waals surface area contributed by atoms with E-state index in [0.29, 0.717) is 0 Å². The Balaban J connectivity index is -0.000000213. The molecule has 0 atom stereocenters. The molecule has 0 aliphatic rings. The van der Waals surface area contributed by atoms with Gasteiger partial charge in [0.25, 0.3) is 0 Å². The molecular weight excluding hydrogens is 154 g/mol. The van der Waals surface area contributed by atoms with Crippen LogP contribution in [0.25, 0.3) is 0 Å². The van der Waals surface area contributed by atoms with Crippen molar-refractivity contribution in [1.82, 2.24) is 0 Å². The van der Waals surface area contributed by atoms with E-state index in [4.69, 9.17) is 10.2 Å². The normalized spacial score (nSPS) is 7.20. The van der Waals surface area contributed by atoms with Gasteiger partial charge in [-0.3, -0.25) is 0 Å². The molecule has 4 heteroatoms. The van der Waals surface area contributed by atoms with Crippen LogP contribution in [0.15, 0.2) is 24.3 Å². The van der Waals surface area contributed by atoms with Gasteiger partial charge in [-0.2, -0.15) is 0 Å². The zero-order valence-corrected chi connectivity index (χ0v) is 8.94. The Morgan fingerprint density at radius 2 is 1.30 bits per heavy atom. The molecule has 10 heavy (non-hydrogen) atoms. The van der Waals surface area contributed by atoms with E-state index in [0.717, 1.165) is 0 Å². The first kappa shape index (κ1) is 13.0. The molecule has 0 spiro atoms. The summed E-state index contributed by atoms with van der Waals surface area (Å²) in [5.74, 6) is -0.153. The quantitative estimate of drug-likeness (QED) is 0.336. The van der Waals surface area contributed by atoms with Gasteiger partial charge in [-0.1, -0.05) is 12.1 Å². The van der Waals surface area contributed by atoms with Crippen LogP contribution in [0, 0.1) is 0 Å². The maximum Gasteiger partial charge on any atom is 1.00 e. The third-order valence-corrected chi connectivity index (χ3v) is 0.882. The molecule has 3 radical (unpaired) electrons. The van der Waals surface area contributed by atoms with Gasteiger partial charge in [0.05, 0.1) is 0 Å². The number of hydrogen-bond acceptors (Lipinski definition) is 2. The van der Waals surface area contributed by atoms with Crippen LogP contribution in [0.2, 0.25) is 0 Å². The molecule has 0 saturated heterocycles. The summed E-state index contributed by atoms with van der Waals surface area (Å²) in [6.07, 6.45) is 0. The van der Waals surface area contributed by atoms with E-state index in [-0.39, 0.29) is 59.8 Å². The molecule has 2 N–H and O–H groups in total. The smallest absolute Gasteiger partial charge is 1.00 e. The van der Waals surface area contributed by atoms with E-state index in [2.05, 4.69) is 0 Å². The van der Waals surface area contributed by atoms with Crippen molar-refractivity contribution < 1.29 is 41.2 Å². The van der Waals surface area contributed by atoms with Gasteiger partial charge in [0.1, 0.15) is 0 Å². The second kappa shape index (κ2) is 6.09. The third-order valence-electron chi connectivity index (χ3n) is 0.882. The van der Waals surface area contributed by atoms with Gasteiger partial charge in [0.15, 0.2) is 11.5 Å². The minimum absolute atomic E-state index is 0. The maximum atomic E-state index is 8.67. The van der Waals surface area contributed by atoms with Crippen LogP contribution in [0.1, 0.15) is 1.43 Å². The van der Waals surface area contributed by atoms with E-state index < -0.39 is 0 Å². The van der Waals surface area contributed by atoms with E-state index in [1.807, 2.05) is 0 Å². The Bertz CT molecular complexity index is 177. The van der Waals surface area contributed by atoms with Crippen molar-refractivity contribution in [2.24, 2.45) is 0 Å². The van der Waals surface area contributed by atoms with Gasteiger partial charge in [0, 0.05) is 17.4 Å². The Morgan fingerprint density at radius 1 is 1.00 bits per heavy atom. The van der Waals surface area contributed by atoms with Gasteiger partial charge in [-0.05, 0) is 12.1 Å². The molecule has 0 amide bonds. The molecule has 1 aromatic rings. The molecule has 0 heterocycles. The van der Waals surface area contributed by atoms with E-state index in [1.54, 1.807) is 12.1 Å². The van der Waals surface area contributed by atoms with Crippen molar-refractivity contribution in [3.63, 3.8) is 0 Å². The predicted molar refractivity (Wildman–Crippen MR) is 36.6 cm³/mol. The number of hydrogen-bond donors (Lipinski definition) is 2. The van der Waals surface area contributed by atoms with E-state index >= 15 is 0 Å². The Morgan fingerprint density at radius 3 is 1.50 bits per heavy atom. The third kappa shape index (κ3) is 3.50. The minimum Gasteiger partial charge on any atom is -1.00 e. The first-order valence-electron chi connectivity index (χ1n) is 2.27. The fraction of sp³-hybridized carbons (Fsp3) is 0. The van der Waals surface area contributed by atoms with E-state index in [1.165, 1.54) is 12.1 Å². The molecule has 2 nitrogen and oxygen atoms in total. The van der Waals surface area contributed by atoms with Gasteiger partial charge >= 0.3 is 29.6 Å². The molecule has 47 valence electrons. The first-order valence-corrected chi connectivity index (χ1v) is 2.27. The second-order valence-corrected chi connectivity index (χ2v) is 1.49. The monoisotopic (exact) mass is 161 g/mol. The SMILES string of the molecule is Oc1ccccc1O.[Al].[H-].[Na+]. The van der Waals surface area contributed by atoms with Crippen LogP contribution in [-0.2, 0) is 0 Å². The predicted octanol–water partition coefficient (Wildman–Crippen LogP) is -2.17. The van der Waals surface area contributed by atoms with Crippen LogP contribution in [0.5, 0.6) is 11.5 Å². The van der Waals surface area contributed by atoms with Crippen LogP contribution < -0.4 is 29.6 Å². The molecule has 1 aromatic carbocycles.